The van der Waals surface area contributed by atoms with E-state index in [0.717, 1.165) is 0 Å². The van der Waals surface area contributed by atoms with Crippen LogP contribution >= 0.6 is 0 Å². The highest BCUT2D eigenvalue weighted by Gasteiger charge is 2.18. The zero-order chi connectivity index (χ0) is 19.9. The Hall–Kier alpha value is -2.49. The fraction of sp³-hybridized carbons (Fsp3) is 0.294. The standard InChI is InChI=1S/C14H16N4O3S.C3H7O/c1-9-8-10(2)16-13(15)12(9)14(19)17-18-22(20,21)11-6-4-3-5-7-11;1-3(2)4/h3-8,18H,1-2H3,(H2,15,16)(H,17,19);3H,1-2H3/q;-1. The van der Waals surface area contributed by atoms with Crippen molar-refractivity contribution in [2.24, 2.45) is 0 Å². The van der Waals surface area contributed by atoms with Crippen molar-refractivity contribution in [2.45, 2.75) is 38.7 Å². The number of aromatic nitrogens is 1. The minimum Gasteiger partial charge on any atom is -0.852 e. The number of amides is 1. The number of hydrogen-bond acceptors (Lipinski definition) is 6. The first-order valence-corrected chi connectivity index (χ1v) is 9.29. The third kappa shape index (κ3) is 6.43. The lowest BCUT2D eigenvalue weighted by Gasteiger charge is -2.11. The number of sulfonamides is 1. The highest BCUT2D eigenvalue weighted by molar-refractivity contribution is 7.89. The van der Waals surface area contributed by atoms with Gasteiger partial charge in [-0.05, 0) is 37.6 Å². The van der Waals surface area contributed by atoms with Crippen LogP contribution in [0.5, 0.6) is 0 Å². The number of benzene rings is 1. The fourth-order valence-corrected chi connectivity index (χ4v) is 2.86. The van der Waals surface area contributed by atoms with E-state index < -0.39 is 22.0 Å². The van der Waals surface area contributed by atoms with E-state index >= 15 is 0 Å². The average molecular weight is 379 g/mol. The Morgan fingerprint density at radius 2 is 1.73 bits per heavy atom. The van der Waals surface area contributed by atoms with Crippen LogP contribution < -0.4 is 21.1 Å². The van der Waals surface area contributed by atoms with E-state index in [-0.39, 0.29) is 16.3 Å². The summed E-state index contributed by atoms with van der Waals surface area (Å²) >= 11 is 0. The summed E-state index contributed by atoms with van der Waals surface area (Å²) in [6.45, 7) is 6.68. The molecule has 0 aliphatic rings. The second kappa shape index (κ2) is 9.27. The molecule has 0 bridgehead atoms. The first-order chi connectivity index (χ1) is 12.0. The molecule has 0 saturated carbocycles. The predicted octanol–water partition coefficient (Wildman–Crippen LogP) is 0.659. The number of carbonyl (C=O) groups is 1. The molecule has 0 saturated heterocycles. The zero-order valence-corrected chi connectivity index (χ0v) is 15.9. The topological polar surface area (TPSA) is 137 Å². The molecule has 26 heavy (non-hydrogen) atoms. The van der Waals surface area contributed by atoms with Gasteiger partial charge in [0.15, 0.2) is 0 Å². The van der Waals surface area contributed by atoms with Crippen LogP contribution in [0.3, 0.4) is 0 Å². The number of anilines is 1. The quantitative estimate of drug-likeness (QED) is 0.667. The first-order valence-electron chi connectivity index (χ1n) is 7.81. The Bertz CT molecular complexity index is 827. The van der Waals surface area contributed by atoms with Crippen LogP contribution in [0.4, 0.5) is 5.82 Å². The van der Waals surface area contributed by atoms with E-state index in [0.29, 0.717) is 11.3 Å². The normalized spacial score (nSPS) is 10.8. The number of nitrogens with zero attached hydrogens (tertiary/aromatic N) is 1. The summed E-state index contributed by atoms with van der Waals surface area (Å²) in [7, 11) is -3.84. The van der Waals surface area contributed by atoms with Crippen LogP contribution in [-0.2, 0) is 10.0 Å². The van der Waals surface area contributed by atoms with Crippen molar-refractivity contribution in [2.75, 3.05) is 5.73 Å². The number of nitrogens with one attached hydrogen (secondary N) is 2. The molecule has 9 heteroatoms. The molecule has 0 spiro atoms. The van der Waals surface area contributed by atoms with Crippen LogP contribution in [0, 0.1) is 13.8 Å². The lowest BCUT2D eigenvalue weighted by molar-refractivity contribution is -0.407. The molecule has 1 amide bonds. The summed E-state index contributed by atoms with van der Waals surface area (Å²) in [4.78, 5) is 18.2. The van der Waals surface area contributed by atoms with E-state index in [1.165, 1.54) is 12.1 Å². The van der Waals surface area contributed by atoms with E-state index in [1.54, 1.807) is 52.0 Å². The summed E-state index contributed by atoms with van der Waals surface area (Å²) in [6, 6.07) is 9.39. The second-order valence-electron chi connectivity index (χ2n) is 5.76. The van der Waals surface area contributed by atoms with Gasteiger partial charge in [0.2, 0.25) is 0 Å². The van der Waals surface area contributed by atoms with Gasteiger partial charge >= 0.3 is 0 Å². The van der Waals surface area contributed by atoms with Gasteiger partial charge in [-0.25, -0.2) is 13.4 Å². The van der Waals surface area contributed by atoms with Gasteiger partial charge in [0.1, 0.15) is 5.82 Å². The number of carbonyl (C=O) groups excluding carboxylic acids is 1. The number of pyridine rings is 1. The first kappa shape index (κ1) is 21.6. The maximum absolute atomic E-state index is 12.1. The largest absolute Gasteiger partial charge is 0.852 e. The highest BCUT2D eigenvalue weighted by Crippen LogP contribution is 2.15. The van der Waals surface area contributed by atoms with Crippen molar-refractivity contribution in [3.63, 3.8) is 0 Å². The molecule has 0 unspecified atom stereocenters. The molecule has 0 aliphatic carbocycles. The van der Waals surface area contributed by atoms with Gasteiger partial charge in [-0.15, -0.1) is 10.9 Å². The lowest BCUT2D eigenvalue weighted by Crippen LogP contribution is -2.42. The molecule has 1 aromatic heterocycles. The molecule has 4 N–H and O–H groups in total. The predicted molar refractivity (Wildman–Crippen MR) is 97.5 cm³/mol. The maximum Gasteiger partial charge on any atom is 0.270 e. The van der Waals surface area contributed by atoms with Crippen molar-refractivity contribution in [1.29, 1.82) is 0 Å². The van der Waals surface area contributed by atoms with Crippen molar-refractivity contribution < 1.29 is 18.3 Å². The van der Waals surface area contributed by atoms with Crippen molar-refractivity contribution in [3.05, 3.63) is 53.2 Å². The van der Waals surface area contributed by atoms with Gasteiger partial charge in [0, 0.05) is 5.69 Å². The molecule has 0 fully saturated rings. The van der Waals surface area contributed by atoms with Crippen LogP contribution in [0.15, 0.2) is 41.3 Å². The Balaban J connectivity index is 0.000000765. The Labute approximate surface area is 153 Å². The third-order valence-corrected chi connectivity index (χ3v) is 4.22. The molecule has 8 nitrogen and oxygen atoms in total. The highest BCUT2D eigenvalue weighted by atomic mass is 32.2. The molecule has 2 rings (SSSR count). The number of hydrazine groups is 1. The molecule has 0 radical (unpaired) electrons. The molecule has 1 aromatic carbocycles. The summed E-state index contributed by atoms with van der Waals surface area (Å²) in [5.74, 6) is -0.615. The minimum absolute atomic E-state index is 0.0435. The van der Waals surface area contributed by atoms with E-state index in [4.69, 9.17) is 5.73 Å². The molecule has 0 atom stereocenters. The molecule has 142 valence electrons. The maximum atomic E-state index is 12.1. The van der Waals surface area contributed by atoms with E-state index in [9.17, 15) is 18.3 Å². The van der Waals surface area contributed by atoms with Crippen molar-refractivity contribution in [1.82, 2.24) is 15.2 Å². The van der Waals surface area contributed by atoms with Crippen LogP contribution in [0.1, 0.15) is 35.5 Å². The summed E-state index contributed by atoms with van der Waals surface area (Å²) < 4.78 is 24.0. The molecule has 2 aromatic rings. The third-order valence-electron chi connectivity index (χ3n) is 2.95. The number of rotatable bonds is 4. The van der Waals surface area contributed by atoms with Crippen LogP contribution in [0.2, 0.25) is 0 Å². The summed E-state index contributed by atoms with van der Waals surface area (Å²) in [6.07, 6.45) is -0.417. The van der Waals surface area contributed by atoms with Gasteiger partial charge in [-0.2, -0.15) is 0 Å². The van der Waals surface area contributed by atoms with Gasteiger partial charge < -0.3 is 10.8 Å². The smallest absolute Gasteiger partial charge is 0.270 e. The van der Waals surface area contributed by atoms with E-state index in [1.807, 2.05) is 4.83 Å². The van der Waals surface area contributed by atoms with Gasteiger partial charge in [-0.1, -0.05) is 32.0 Å². The molecular formula is C17H23N4O4S-. The molecule has 0 aliphatic heterocycles. The Kier molecular flexibility index (Phi) is 7.69. The van der Waals surface area contributed by atoms with Crippen LogP contribution in [0.25, 0.3) is 0 Å². The van der Waals surface area contributed by atoms with Crippen molar-refractivity contribution in [3.8, 4) is 0 Å². The monoisotopic (exact) mass is 379 g/mol. The summed E-state index contributed by atoms with van der Waals surface area (Å²) in [5.41, 5.74) is 9.30. The number of hydrogen-bond donors (Lipinski definition) is 3. The van der Waals surface area contributed by atoms with Gasteiger partial charge in [0.05, 0.1) is 10.5 Å². The Morgan fingerprint density at radius 1 is 1.19 bits per heavy atom. The van der Waals surface area contributed by atoms with Gasteiger partial charge in [-0.3, -0.25) is 10.2 Å². The Morgan fingerprint density at radius 3 is 2.23 bits per heavy atom. The second-order valence-corrected chi connectivity index (χ2v) is 7.44. The summed E-state index contributed by atoms with van der Waals surface area (Å²) in [5, 5.41) is 9.53. The molecular weight excluding hydrogens is 356 g/mol. The SMILES string of the molecule is CC(C)[O-].Cc1cc(C)c(C(=O)NNS(=O)(=O)c2ccccc2)c(N)n1. The number of aryl methyl sites for hydroxylation is 2. The number of nitrogen functional groups attached to an aromatic ring is 1. The van der Waals surface area contributed by atoms with E-state index in [2.05, 4.69) is 10.4 Å². The zero-order valence-electron chi connectivity index (χ0n) is 15.1. The fourth-order valence-electron chi connectivity index (χ4n) is 2.00. The van der Waals surface area contributed by atoms with Crippen LogP contribution in [-0.4, -0.2) is 25.4 Å². The molecule has 1 heterocycles. The lowest BCUT2D eigenvalue weighted by atomic mass is 10.1. The minimum atomic E-state index is -3.84. The van der Waals surface area contributed by atoms with Crippen molar-refractivity contribution >= 4 is 21.7 Å². The average Bonchev–Trinajstić information content (AvgIpc) is 2.52. The number of nitrogens with two attached hydrogens (primary N) is 1. The van der Waals surface area contributed by atoms with Gasteiger partial charge in [0.25, 0.3) is 15.9 Å².